The van der Waals surface area contributed by atoms with Gasteiger partial charge < -0.3 is 21.1 Å². The largest absolute Gasteiger partial charge is 0.380 e. The van der Waals surface area contributed by atoms with Crippen LogP contribution in [0.15, 0.2) is 16.4 Å². The van der Waals surface area contributed by atoms with Crippen molar-refractivity contribution in [3.05, 3.63) is 11.4 Å². The standard InChI is InChI=1S/C9H18N4O/c1-3-14-5-4-11-9-7(2)8(10)12-6-13-9/h6,8,11H,3-5,10H2,1-2H3,(H,12,13). The Morgan fingerprint density at radius 2 is 2.50 bits per heavy atom. The van der Waals surface area contributed by atoms with Crippen molar-refractivity contribution in [2.75, 3.05) is 19.8 Å². The fourth-order valence-electron chi connectivity index (χ4n) is 1.14. The van der Waals surface area contributed by atoms with Gasteiger partial charge in [-0.1, -0.05) is 0 Å². The molecule has 1 atom stereocenters. The van der Waals surface area contributed by atoms with Crippen molar-refractivity contribution in [2.24, 2.45) is 10.7 Å². The molecule has 0 aliphatic carbocycles. The van der Waals surface area contributed by atoms with Crippen LogP contribution in [0.2, 0.25) is 0 Å². The van der Waals surface area contributed by atoms with E-state index in [0.717, 1.165) is 24.5 Å². The lowest BCUT2D eigenvalue weighted by atomic mass is 10.2. The summed E-state index contributed by atoms with van der Waals surface area (Å²) in [6.45, 7) is 6.15. The maximum atomic E-state index is 5.73. The van der Waals surface area contributed by atoms with Crippen LogP contribution in [0.5, 0.6) is 0 Å². The van der Waals surface area contributed by atoms with Gasteiger partial charge in [0.15, 0.2) is 0 Å². The summed E-state index contributed by atoms with van der Waals surface area (Å²) in [5.41, 5.74) is 6.75. The first-order valence-electron chi connectivity index (χ1n) is 4.82. The molecule has 1 heterocycles. The van der Waals surface area contributed by atoms with Crippen LogP contribution in [0.25, 0.3) is 0 Å². The van der Waals surface area contributed by atoms with Gasteiger partial charge in [-0.05, 0) is 13.8 Å². The van der Waals surface area contributed by atoms with Crippen LogP contribution in [0.4, 0.5) is 0 Å². The van der Waals surface area contributed by atoms with E-state index in [-0.39, 0.29) is 6.17 Å². The first kappa shape index (κ1) is 11.0. The lowest BCUT2D eigenvalue weighted by Gasteiger charge is -2.20. The molecule has 1 rings (SSSR count). The van der Waals surface area contributed by atoms with Gasteiger partial charge in [-0.3, -0.25) is 4.99 Å². The minimum Gasteiger partial charge on any atom is -0.380 e. The van der Waals surface area contributed by atoms with Crippen molar-refractivity contribution in [3.63, 3.8) is 0 Å². The summed E-state index contributed by atoms with van der Waals surface area (Å²) >= 11 is 0. The van der Waals surface area contributed by atoms with E-state index in [1.807, 2.05) is 13.8 Å². The first-order chi connectivity index (χ1) is 6.75. The third-order valence-corrected chi connectivity index (χ3v) is 2.03. The summed E-state index contributed by atoms with van der Waals surface area (Å²) < 4.78 is 5.21. The Labute approximate surface area is 84.4 Å². The van der Waals surface area contributed by atoms with Crippen LogP contribution in [-0.2, 0) is 4.74 Å². The average molecular weight is 198 g/mol. The molecule has 0 saturated heterocycles. The zero-order chi connectivity index (χ0) is 10.4. The second kappa shape index (κ2) is 5.62. The highest BCUT2D eigenvalue weighted by Gasteiger charge is 2.11. The molecule has 0 radical (unpaired) electrons. The van der Waals surface area contributed by atoms with E-state index in [4.69, 9.17) is 10.5 Å². The molecule has 0 bridgehead atoms. The Hall–Kier alpha value is -1.07. The van der Waals surface area contributed by atoms with E-state index in [1.54, 1.807) is 6.34 Å². The number of hydrogen-bond donors (Lipinski definition) is 3. The Morgan fingerprint density at radius 3 is 3.21 bits per heavy atom. The van der Waals surface area contributed by atoms with Crippen LogP contribution in [0, 0.1) is 0 Å². The van der Waals surface area contributed by atoms with Gasteiger partial charge >= 0.3 is 0 Å². The molecule has 4 N–H and O–H groups in total. The molecule has 1 aliphatic heterocycles. The maximum Gasteiger partial charge on any atom is 0.124 e. The van der Waals surface area contributed by atoms with E-state index in [9.17, 15) is 0 Å². The molecule has 0 saturated carbocycles. The lowest BCUT2D eigenvalue weighted by molar-refractivity contribution is 0.151. The van der Waals surface area contributed by atoms with Crippen molar-refractivity contribution < 1.29 is 4.74 Å². The predicted molar refractivity (Wildman–Crippen MR) is 56.8 cm³/mol. The molecule has 1 unspecified atom stereocenters. The Morgan fingerprint density at radius 1 is 1.71 bits per heavy atom. The highest BCUT2D eigenvalue weighted by atomic mass is 16.5. The molecule has 80 valence electrons. The number of hydrogen-bond acceptors (Lipinski definition) is 5. The average Bonchev–Trinajstić information content (AvgIpc) is 2.19. The van der Waals surface area contributed by atoms with Crippen LogP contribution >= 0.6 is 0 Å². The molecule has 14 heavy (non-hydrogen) atoms. The molecule has 0 aromatic heterocycles. The van der Waals surface area contributed by atoms with Crippen molar-refractivity contribution in [2.45, 2.75) is 20.0 Å². The molecule has 0 aromatic rings. The molecule has 0 fully saturated rings. The summed E-state index contributed by atoms with van der Waals surface area (Å²) in [5.74, 6) is 0.937. The van der Waals surface area contributed by atoms with Crippen LogP contribution in [0.1, 0.15) is 13.8 Å². The quantitative estimate of drug-likeness (QED) is 0.533. The molecule has 0 aromatic carbocycles. The summed E-state index contributed by atoms with van der Waals surface area (Å²) in [4.78, 5) is 4.02. The van der Waals surface area contributed by atoms with Crippen molar-refractivity contribution in [1.82, 2.24) is 10.6 Å². The highest BCUT2D eigenvalue weighted by molar-refractivity contribution is 5.60. The highest BCUT2D eigenvalue weighted by Crippen LogP contribution is 2.05. The smallest absolute Gasteiger partial charge is 0.124 e. The number of nitrogens with zero attached hydrogens (tertiary/aromatic N) is 1. The number of rotatable bonds is 5. The van der Waals surface area contributed by atoms with E-state index >= 15 is 0 Å². The Kier molecular flexibility index (Phi) is 4.42. The third-order valence-electron chi connectivity index (χ3n) is 2.03. The van der Waals surface area contributed by atoms with Gasteiger partial charge in [-0.15, -0.1) is 0 Å². The van der Waals surface area contributed by atoms with Gasteiger partial charge in [0, 0.05) is 18.7 Å². The Balaban J connectivity index is 2.32. The van der Waals surface area contributed by atoms with Crippen molar-refractivity contribution in [3.8, 4) is 0 Å². The SMILES string of the molecule is CCOCCNC1=C(C)C(N)N=CN1. The molecule has 1 aliphatic rings. The normalized spacial score (nSPS) is 20.9. The molecule has 5 nitrogen and oxygen atoms in total. The van der Waals surface area contributed by atoms with Crippen LogP contribution < -0.4 is 16.4 Å². The summed E-state index contributed by atoms with van der Waals surface area (Å²) in [6.07, 6.45) is 1.38. The second-order valence-electron chi connectivity index (χ2n) is 3.05. The molecular formula is C9H18N4O. The van der Waals surface area contributed by atoms with Gasteiger partial charge in [0.25, 0.3) is 0 Å². The maximum absolute atomic E-state index is 5.73. The summed E-state index contributed by atoms with van der Waals surface area (Å²) in [6, 6.07) is 0. The second-order valence-corrected chi connectivity index (χ2v) is 3.05. The van der Waals surface area contributed by atoms with Gasteiger partial charge in [0.05, 0.1) is 12.9 Å². The van der Waals surface area contributed by atoms with Gasteiger partial charge in [-0.2, -0.15) is 0 Å². The fraction of sp³-hybridized carbons (Fsp3) is 0.667. The third kappa shape index (κ3) is 3.01. The predicted octanol–water partition coefficient (Wildman–Crippen LogP) is -0.240. The topological polar surface area (TPSA) is 71.7 Å². The zero-order valence-corrected chi connectivity index (χ0v) is 8.71. The monoisotopic (exact) mass is 198 g/mol. The van der Waals surface area contributed by atoms with E-state index in [0.29, 0.717) is 6.61 Å². The van der Waals surface area contributed by atoms with Gasteiger partial charge in [0.2, 0.25) is 0 Å². The van der Waals surface area contributed by atoms with E-state index in [2.05, 4.69) is 15.6 Å². The molecule has 5 heteroatoms. The number of nitrogens with two attached hydrogens (primary N) is 1. The fourth-order valence-corrected chi connectivity index (χ4v) is 1.14. The summed E-state index contributed by atoms with van der Waals surface area (Å²) in [7, 11) is 0. The van der Waals surface area contributed by atoms with Crippen LogP contribution in [0.3, 0.4) is 0 Å². The lowest BCUT2D eigenvalue weighted by Crippen LogP contribution is -2.37. The number of aliphatic imine (C=N–C) groups is 1. The van der Waals surface area contributed by atoms with E-state index in [1.165, 1.54) is 0 Å². The minimum atomic E-state index is -0.231. The number of nitrogens with one attached hydrogen (secondary N) is 2. The minimum absolute atomic E-state index is 0.231. The van der Waals surface area contributed by atoms with E-state index < -0.39 is 0 Å². The van der Waals surface area contributed by atoms with Gasteiger partial charge in [-0.25, -0.2) is 0 Å². The first-order valence-corrected chi connectivity index (χ1v) is 4.82. The number of ether oxygens (including phenoxy) is 1. The van der Waals surface area contributed by atoms with Crippen LogP contribution in [-0.4, -0.2) is 32.3 Å². The summed E-state index contributed by atoms with van der Waals surface area (Å²) in [5, 5.41) is 6.23. The zero-order valence-electron chi connectivity index (χ0n) is 8.71. The van der Waals surface area contributed by atoms with Crippen molar-refractivity contribution >= 4 is 6.34 Å². The molecule has 0 amide bonds. The molecule has 0 spiro atoms. The molecular weight excluding hydrogens is 180 g/mol. The van der Waals surface area contributed by atoms with Crippen molar-refractivity contribution in [1.29, 1.82) is 0 Å². The Bertz CT molecular complexity index is 237. The van der Waals surface area contributed by atoms with Gasteiger partial charge in [0.1, 0.15) is 12.0 Å².